The van der Waals surface area contributed by atoms with E-state index in [9.17, 15) is 14.0 Å². The molecule has 1 aliphatic rings. The van der Waals surface area contributed by atoms with Crippen molar-refractivity contribution in [2.24, 2.45) is 4.99 Å². The summed E-state index contributed by atoms with van der Waals surface area (Å²) in [4.78, 5) is 25.8. The quantitative estimate of drug-likeness (QED) is 0.465. The molecular weight excluding hydrogens is 237 g/mol. The lowest BCUT2D eigenvalue weighted by Crippen LogP contribution is -2.25. The molecular formula is C13H12FNO3. The van der Waals surface area contributed by atoms with E-state index in [1.807, 2.05) is 0 Å². The molecule has 2 rings (SSSR count). The van der Waals surface area contributed by atoms with Crippen molar-refractivity contribution in [3.05, 3.63) is 35.6 Å². The molecule has 0 radical (unpaired) electrons. The standard InChI is InChI=1S/C13H12FNO3/c1-2-18-12(17)13(15-8-16)7-11(13)9-3-5-10(14)6-4-9/h3-6,11H,2,7H2,1H3. The van der Waals surface area contributed by atoms with Crippen LogP contribution in [0.2, 0.25) is 0 Å². The van der Waals surface area contributed by atoms with Crippen molar-refractivity contribution >= 4 is 12.0 Å². The Morgan fingerprint density at radius 3 is 2.78 bits per heavy atom. The SMILES string of the molecule is CCOC(=O)C1(N=C=O)CC1c1ccc(F)cc1. The maximum atomic E-state index is 12.8. The third kappa shape index (κ3) is 2.05. The van der Waals surface area contributed by atoms with E-state index < -0.39 is 11.5 Å². The van der Waals surface area contributed by atoms with Crippen molar-refractivity contribution in [2.75, 3.05) is 6.61 Å². The average Bonchev–Trinajstić information content (AvgIpc) is 3.07. The maximum Gasteiger partial charge on any atom is 0.335 e. The highest BCUT2D eigenvalue weighted by molar-refractivity contribution is 5.88. The third-order valence-electron chi connectivity index (χ3n) is 3.08. The van der Waals surface area contributed by atoms with Crippen molar-refractivity contribution in [3.63, 3.8) is 0 Å². The van der Waals surface area contributed by atoms with E-state index in [1.54, 1.807) is 19.1 Å². The molecule has 18 heavy (non-hydrogen) atoms. The van der Waals surface area contributed by atoms with Crippen LogP contribution in [-0.4, -0.2) is 24.2 Å². The van der Waals surface area contributed by atoms with Gasteiger partial charge in [0.15, 0.2) is 5.54 Å². The zero-order valence-corrected chi connectivity index (χ0v) is 9.85. The number of nitrogens with zero attached hydrogens (tertiary/aromatic N) is 1. The number of isocyanates is 1. The Kier molecular flexibility index (Phi) is 3.26. The van der Waals surface area contributed by atoms with E-state index in [-0.39, 0.29) is 18.3 Å². The minimum atomic E-state index is -1.16. The lowest BCUT2D eigenvalue weighted by molar-refractivity contribution is -0.145. The second-order valence-corrected chi connectivity index (χ2v) is 4.16. The van der Waals surface area contributed by atoms with Gasteiger partial charge in [0, 0.05) is 5.92 Å². The predicted molar refractivity (Wildman–Crippen MR) is 61.2 cm³/mol. The van der Waals surface area contributed by atoms with Crippen LogP contribution in [0.25, 0.3) is 0 Å². The number of esters is 1. The molecule has 94 valence electrons. The largest absolute Gasteiger partial charge is 0.464 e. The van der Waals surface area contributed by atoms with E-state index in [0.717, 1.165) is 5.56 Å². The van der Waals surface area contributed by atoms with Crippen LogP contribution in [0, 0.1) is 5.82 Å². The zero-order chi connectivity index (χ0) is 13.2. The Hall–Kier alpha value is -2.00. The molecule has 1 aromatic rings. The zero-order valence-electron chi connectivity index (χ0n) is 9.85. The molecule has 1 aliphatic carbocycles. The van der Waals surface area contributed by atoms with E-state index in [2.05, 4.69) is 4.99 Å². The van der Waals surface area contributed by atoms with E-state index >= 15 is 0 Å². The summed E-state index contributed by atoms with van der Waals surface area (Å²) in [7, 11) is 0. The molecule has 0 aromatic heterocycles. The molecule has 0 N–H and O–H groups in total. The summed E-state index contributed by atoms with van der Waals surface area (Å²) >= 11 is 0. The first-order valence-electron chi connectivity index (χ1n) is 5.65. The van der Waals surface area contributed by atoms with Gasteiger partial charge >= 0.3 is 5.97 Å². The highest BCUT2D eigenvalue weighted by Gasteiger charge is 2.63. The Morgan fingerprint density at radius 2 is 2.22 bits per heavy atom. The highest BCUT2D eigenvalue weighted by Crippen LogP contribution is 2.55. The smallest absolute Gasteiger partial charge is 0.335 e. The van der Waals surface area contributed by atoms with Crippen molar-refractivity contribution in [2.45, 2.75) is 24.8 Å². The molecule has 0 spiro atoms. The fraction of sp³-hybridized carbons (Fsp3) is 0.385. The van der Waals surface area contributed by atoms with Gasteiger partial charge in [-0.25, -0.2) is 14.0 Å². The van der Waals surface area contributed by atoms with Gasteiger partial charge in [-0.2, -0.15) is 4.99 Å². The minimum absolute atomic E-state index is 0.227. The summed E-state index contributed by atoms with van der Waals surface area (Å²) in [6.45, 7) is 1.91. The number of ether oxygens (including phenoxy) is 1. The van der Waals surface area contributed by atoms with Crippen molar-refractivity contribution in [1.82, 2.24) is 0 Å². The Morgan fingerprint density at radius 1 is 1.56 bits per heavy atom. The van der Waals surface area contributed by atoms with Crippen LogP contribution in [0.4, 0.5) is 4.39 Å². The van der Waals surface area contributed by atoms with Crippen molar-refractivity contribution in [3.8, 4) is 0 Å². The van der Waals surface area contributed by atoms with Gasteiger partial charge in [0.2, 0.25) is 6.08 Å². The van der Waals surface area contributed by atoms with E-state index in [4.69, 9.17) is 4.74 Å². The molecule has 0 saturated heterocycles. The van der Waals surface area contributed by atoms with Gasteiger partial charge < -0.3 is 4.74 Å². The van der Waals surface area contributed by atoms with E-state index in [0.29, 0.717) is 6.42 Å². The molecule has 1 fully saturated rings. The fourth-order valence-corrected chi connectivity index (χ4v) is 2.07. The number of rotatable bonds is 4. The maximum absolute atomic E-state index is 12.8. The van der Waals surface area contributed by atoms with Crippen LogP contribution in [0.1, 0.15) is 24.8 Å². The Bertz CT molecular complexity index is 507. The molecule has 0 aliphatic heterocycles. The molecule has 5 heteroatoms. The van der Waals surface area contributed by atoms with Crippen LogP contribution in [0.15, 0.2) is 29.3 Å². The van der Waals surface area contributed by atoms with Gasteiger partial charge in [0.05, 0.1) is 6.61 Å². The van der Waals surface area contributed by atoms with Crippen molar-refractivity contribution < 1.29 is 18.7 Å². The fourth-order valence-electron chi connectivity index (χ4n) is 2.07. The third-order valence-corrected chi connectivity index (χ3v) is 3.08. The number of aliphatic imine (C=N–C) groups is 1. The van der Waals surface area contributed by atoms with Gasteiger partial charge in [-0.05, 0) is 31.0 Å². The number of benzene rings is 1. The summed E-state index contributed by atoms with van der Waals surface area (Å²) in [5, 5.41) is 0. The number of halogens is 1. The number of hydrogen-bond donors (Lipinski definition) is 0. The van der Waals surface area contributed by atoms with Gasteiger partial charge in [0.1, 0.15) is 5.82 Å². The second-order valence-electron chi connectivity index (χ2n) is 4.16. The Labute approximate surface area is 103 Å². The van der Waals surface area contributed by atoms with Crippen molar-refractivity contribution in [1.29, 1.82) is 0 Å². The lowest BCUT2D eigenvalue weighted by Gasteiger charge is -2.09. The number of carbonyl (C=O) groups excluding carboxylic acids is 2. The summed E-state index contributed by atoms with van der Waals surface area (Å²) in [6, 6.07) is 5.80. The lowest BCUT2D eigenvalue weighted by atomic mass is 10.1. The van der Waals surface area contributed by atoms with Crippen LogP contribution in [0.3, 0.4) is 0 Å². The summed E-state index contributed by atoms with van der Waals surface area (Å²) in [5.74, 6) is -1.11. The van der Waals surface area contributed by atoms with Gasteiger partial charge in [0.25, 0.3) is 0 Å². The first-order chi connectivity index (χ1) is 8.64. The molecule has 0 heterocycles. The predicted octanol–water partition coefficient (Wildman–Crippen LogP) is 1.95. The molecule has 2 unspecified atom stereocenters. The molecule has 1 aromatic carbocycles. The van der Waals surface area contributed by atoms with Gasteiger partial charge in [-0.15, -0.1) is 0 Å². The molecule has 0 bridgehead atoms. The van der Waals surface area contributed by atoms with Crippen LogP contribution in [0.5, 0.6) is 0 Å². The first-order valence-corrected chi connectivity index (χ1v) is 5.65. The van der Waals surface area contributed by atoms with Crippen LogP contribution < -0.4 is 0 Å². The monoisotopic (exact) mass is 249 g/mol. The number of carbonyl (C=O) groups is 1. The molecule has 1 saturated carbocycles. The Balaban J connectivity index is 2.24. The number of hydrogen-bond acceptors (Lipinski definition) is 4. The average molecular weight is 249 g/mol. The van der Waals surface area contributed by atoms with E-state index in [1.165, 1.54) is 18.2 Å². The topological polar surface area (TPSA) is 55.7 Å². The van der Waals surface area contributed by atoms with Gasteiger partial charge in [-0.3, -0.25) is 0 Å². The van der Waals surface area contributed by atoms with Crippen LogP contribution >= 0.6 is 0 Å². The summed E-state index contributed by atoms with van der Waals surface area (Å²) in [6.07, 6.45) is 1.82. The normalized spacial score (nSPS) is 25.1. The van der Waals surface area contributed by atoms with Gasteiger partial charge in [-0.1, -0.05) is 12.1 Å². The highest BCUT2D eigenvalue weighted by atomic mass is 19.1. The summed E-state index contributed by atoms with van der Waals surface area (Å²) < 4.78 is 17.7. The molecule has 0 amide bonds. The van der Waals surface area contributed by atoms with Crippen LogP contribution in [-0.2, 0) is 14.3 Å². The molecule has 4 nitrogen and oxygen atoms in total. The first kappa shape index (κ1) is 12.5. The molecule has 2 atom stereocenters. The summed E-state index contributed by atoms with van der Waals surface area (Å²) in [5.41, 5.74) is -0.390. The second kappa shape index (κ2) is 4.70. The minimum Gasteiger partial charge on any atom is -0.464 e.